The van der Waals surface area contributed by atoms with Crippen LogP contribution in [0.25, 0.3) is 0 Å². The smallest absolute Gasteiger partial charge is 0.379 e. The quantitative estimate of drug-likeness (QED) is 0.742. The van der Waals surface area contributed by atoms with Gasteiger partial charge < -0.3 is 11.1 Å². The summed E-state index contributed by atoms with van der Waals surface area (Å²) in [5.74, 6) is -0.612. The number of amidine groups is 1. The average molecular weight is 412 g/mol. The Morgan fingerprint density at radius 1 is 1.29 bits per heavy atom. The fourth-order valence-corrected chi connectivity index (χ4v) is 3.73. The SMILES string of the molecule is CC1(c2cc(F)cc(NC(=O)c3ccc(C(F)(F)F)cn3)c2)CCSC(N)=N1. The first-order valence-corrected chi connectivity index (χ1v) is 9.19. The summed E-state index contributed by atoms with van der Waals surface area (Å²) >= 11 is 1.41. The average Bonchev–Trinajstić information content (AvgIpc) is 2.60. The van der Waals surface area contributed by atoms with E-state index in [9.17, 15) is 22.4 Å². The molecular formula is C18H16F4N4OS. The Hall–Kier alpha value is -2.62. The van der Waals surface area contributed by atoms with Crippen LogP contribution in [-0.2, 0) is 11.7 Å². The fourth-order valence-electron chi connectivity index (χ4n) is 2.76. The molecule has 3 N–H and O–H groups in total. The van der Waals surface area contributed by atoms with Crippen molar-refractivity contribution < 1.29 is 22.4 Å². The molecule has 0 saturated carbocycles. The Balaban J connectivity index is 1.84. The number of hydrogen-bond acceptors (Lipinski definition) is 5. The van der Waals surface area contributed by atoms with Gasteiger partial charge in [-0.15, -0.1) is 0 Å². The van der Waals surface area contributed by atoms with Crippen molar-refractivity contribution in [1.29, 1.82) is 0 Å². The number of carbonyl (C=O) groups is 1. The number of thioether (sulfide) groups is 1. The second kappa shape index (κ2) is 7.42. The predicted octanol–water partition coefficient (Wildman–Crippen LogP) is 4.16. The van der Waals surface area contributed by atoms with Crippen molar-refractivity contribution in [2.45, 2.75) is 25.1 Å². The van der Waals surface area contributed by atoms with Crippen molar-refractivity contribution >= 4 is 28.5 Å². The molecule has 1 atom stereocenters. The molecule has 2 aromatic rings. The summed E-state index contributed by atoms with van der Waals surface area (Å²) in [5.41, 5.74) is 4.55. The Bertz CT molecular complexity index is 930. The molecule has 0 fully saturated rings. The van der Waals surface area contributed by atoms with Crippen LogP contribution >= 0.6 is 11.8 Å². The third-order valence-electron chi connectivity index (χ3n) is 4.30. The van der Waals surface area contributed by atoms with Crippen molar-refractivity contribution in [1.82, 2.24) is 4.98 Å². The highest BCUT2D eigenvalue weighted by Crippen LogP contribution is 2.36. The first-order chi connectivity index (χ1) is 13.1. The van der Waals surface area contributed by atoms with Crippen molar-refractivity contribution in [3.8, 4) is 0 Å². The highest BCUT2D eigenvalue weighted by molar-refractivity contribution is 8.13. The lowest BCUT2D eigenvalue weighted by molar-refractivity contribution is -0.137. The number of aromatic nitrogens is 1. The molecule has 1 amide bonds. The lowest BCUT2D eigenvalue weighted by atomic mass is 9.89. The van der Waals surface area contributed by atoms with Gasteiger partial charge in [0, 0.05) is 17.6 Å². The van der Waals surface area contributed by atoms with Gasteiger partial charge in [0.2, 0.25) is 0 Å². The number of rotatable bonds is 3. The molecule has 1 aromatic heterocycles. The maximum atomic E-state index is 14.1. The van der Waals surface area contributed by atoms with Gasteiger partial charge in [-0.1, -0.05) is 11.8 Å². The fraction of sp³-hybridized carbons (Fsp3) is 0.278. The van der Waals surface area contributed by atoms with E-state index < -0.39 is 29.0 Å². The predicted molar refractivity (Wildman–Crippen MR) is 99.6 cm³/mol. The largest absolute Gasteiger partial charge is 0.417 e. The zero-order valence-electron chi connectivity index (χ0n) is 14.7. The second-order valence-corrected chi connectivity index (χ2v) is 7.55. The van der Waals surface area contributed by atoms with E-state index in [1.807, 2.05) is 6.92 Å². The maximum absolute atomic E-state index is 14.1. The zero-order chi connectivity index (χ0) is 20.5. The lowest BCUT2D eigenvalue weighted by Crippen LogP contribution is -2.29. The molecule has 5 nitrogen and oxygen atoms in total. The maximum Gasteiger partial charge on any atom is 0.417 e. The molecule has 0 spiro atoms. The number of nitrogens with zero attached hydrogens (tertiary/aromatic N) is 2. The van der Waals surface area contributed by atoms with Crippen LogP contribution in [0, 0.1) is 5.82 Å². The Kier molecular flexibility index (Phi) is 5.33. The van der Waals surface area contributed by atoms with Gasteiger partial charge in [-0.05, 0) is 49.2 Å². The topological polar surface area (TPSA) is 80.4 Å². The van der Waals surface area contributed by atoms with E-state index in [4.69, 9.17) is 5.73 Å². The van der Waals surface area contributed by atoms with Gasteiger partial charge in [0.15, 0.2) is 5.17 Å². The number of alkyl halides is 3. The third kappa shape index (κ3) is 4.44. The van der Waals surface area contributed by atoms with Crippen LogP contribution in [0.1, 0.15) is 35.0 Å². The van der Waals surface area contributed by atoms with Crippen LogP contribution in [0.4, 0.5) is 23.2 Å². The molecule has 1 aliphatic heterocycles. The summed E-state index contributed by atoms with van der Waals surface area (Å²) in [6.07, 6.45) is -3.34. The van der Waals surface area contributed by atoms with E-state index in [1.54, 1.807) is 6.07 Å². The van der Waals surface area contributed by atoms with Gasteiger partial charge in [0.1, 0.15) is 11.5 Å². The lowest BCUT2D eigenvalue weighted by Gasteiger charge is -2.30. The van der Waals surface area contributed by atoms with Gasteiger partial charge in [-0.2, -0.15) is 13.2 Å². The Morgan fingerprint density at radius 2 is 2.04 bits per heavy atom. The zero-order valence-corrected chi connectivity index (χ0v) is 15.5. The molecule has 3 rings (SSSR count). The summed E-state index contributed by atoms with van der Waals surface area (Å²) in [4.78, 5) is 20.2. The van der Waals surface area contributed by atoms with E-state index in [0.29, 0.717) is 23.3 Å². The van der Waals surface area contributed by atoms with Crippen molar-refractivity contribution in [3.63, 3.8) is 0 Å². The summed E-state index contributed by atoms with van der Waals surface area (Å²) in [5, 5.41) is 2.86. The number of hydrogen-bond donors (Lipinski definition) is 2. The van der Waals surface area contributed by atoms with Crippen molar-refractivity contribution in [2.75, 3.05) is 11.1 Å². The standard InChI is InChI=1S/C18H16F4N4OS/c1-17(4-5-28-16(23)26-17)11-6-12(19)8-13(7-11)25-15(27)14-3-2-10(9-24-14)18(20,21)22/h2-3,6-9H,4-5H2,1H3,(H2,23,26)(H,25,27). The number of halogens is 4. The third-order valence-corrected chi connectivity index (χ3v) is 5.09. The normalized spacial score (nSPS) is 19.8. The van der Waals surface area contributed by atoms with Gasteiger partial charge in [0.05, 0.1) is 11.1 Å². The number of nitrogens with two attached hydrogens (primary N) is 1. The minimum atomic E-state index is -4.55. The highest BCUT2D eigenvalue weighted by atomic mass is 32.2. The number of carbonyl (C=O) groups excluding carboxylic acids is 1. The van der Waals surface area contributed by atoms with Crippen LogP contribution in [-0.4, -0.2) is 21.8 Å². The first kappa shape index (κ1) is 20.1. The van der Waals surface area contributed by atoms with E-state index in [2.05, 4.69) is 15.3 Å². The number of aliphatic imine (C=N–C) groups is 1. The molecule has 0 bridgehead atoms. The summed E-state index contributed by atoms with van der Waals surface area (Å²) in [6, 6.07) is 5.72. The molecule has 0 radical (unpaired) electrons. The summed E-state index contributed by atoms with van der Waals surface area (Å²) < 4.78 is 51.9. The summed E-state index contributed by atoms with van der Waals surface area (Å²) in [6.45, 7) is 1.82. The summed E-state index contributed by atoms with van der Waals surface area (Å²) in [7, 11) is 0. The van der Waals surface area contributed by atoms with Crippen molar-refractivity contribution in [3.05, 3.63) is 59.2 Å². The molecule has 10 heteroatoms. The van der Waals surface area contributed by atoms with E-state index in [0.717, 1.165) is 24.0 Å². The van der Waals surface area contributed by atoms with Gasteiger partial charge in [0.25, 0.3) is 5.91 Å². The van der Waals surface area contributed by atoms with Crippen molar-refractivity contribution in [2.24, 2.45) is 10.7 Å². The number of anilines is 1. The molecule has 1 aliphatic rings. The number of benzene rings is 1. The Morgan fingerprint density at radius 3 is 2.64 bits per heavy atom. The Labute approximate surface area is 162 Å². The first-order valence-electron chi connectivity index (χ1n) is 8.21. The number of nitrogens with one attached hydrogen (secondary N) is 1. The van der Waals surface area contributed by atoms with Crippen LogP contribution < -0.4 is 11.1 Å². The van der Waals surface area contributed by atoms with Crippen LogP contribution in [0.5, 0.6) is 0 Å². The van der Waals surface area contributed by atoms with E-state index in [1.165, 1.54) is 17.8 Å². The molecule has 0 aliphatic carbocycles. The minimum Gasteiger partial charge on any atom is -0.379 e. The van der Waals surface area contributed by atoms with E-state index in [-0.39, 0.29) is 11.4 Å². The van der Waals surface area contributed by atoms with Crippen LogP contribution in [0.3, 0.4) is 0 Å². The molecule has 1 aromatic carbocycles. The molecule has 1 unspecified atom stereocenters. The van der Waals surface area contributed by atoms with Crippen LogP contribution in [0.15, 0.2) is 41.5 Å². The molecule has 0 saturated heterocycles. The van der Waals surface area contributed by atoms with Gasteiger partial charge >= 0.3 is 6.18 Å². The minimum absolute atomic E-state index is 0.148. The molecule has 28 heavy (non-hydrogen) atoms. The molecule has 2 heterocycles. The van der Waals surface area contributed by atoms with Gasteiger partial charge in [-0.25, -0.2) is 4.39 Å². The molecular weight excluding hydrogens is 396 g/mol. The monoisotopic (exact) mass is 412 g/mol. The van der Waals surface area contributed by atoms with E-state index >= 15 is 0 Å². The second-order valence-electron chi connectivity index (χ2n) is 6.43. The van der Waals surface area contributed by atoms with Gasteiger partial charge in [-0.3, -0.25) is 14.8 Å². The number of amides is 1. The highest BCUT2D eigenvalue weighted by Gasteiger charge is 2.32. The number of pyridine rings is 1. The van der Waals surface area contributed by atoms with Crippen LogP contribution in [0.2, 0.25) is 0 Å². The molecule has 148 valence electrons.